The van der Waals surface area contributed by atoms with Crippen LogP contribution in [0.25, 0.3) is 0 Å². The maximum Gasteiger partial charge on any atom is 0.115 e. The van der Waals surface area contributed by atoms with Crippen LogP contribution in [0.1, 0.15) is 24.8 Å². The predicted molar refractivity (Wildman–Crippen MR) is 62.6 cm³/mol. The van der Waals surface area contributed by atoms with E-state index in [4.69, 9.17) is 21.8 Å². The van der Waals surface area contributed by atoms with Crippen molar-refractivity contribution >= 4 is 0 Å². The number of phenols is 1. The van der Waals surface area contributed by atoms with E-state index in [0.29, 0.717) is 17.6 Å². The first-order valence-corrected chi connectivity index (χ1v) is 5.32. The number of nitriles is 1. The third kappa shape index (κ3) is 4.30. The number of benzene rings is 1. The minimum absolute atomic E-state index is 0.189. The molecule has 0 saturated heterocycles. The summed E-state index contributed by atoms with van der Waals surface area (Å²) >= 11 is 0. The lowest BCUT2D eigenvalue weighted by Crippen LogP contribution is -2.20. The van der Waals surface area contributed by atoms with Crippen LogP contribution in [0.5, 0.6) is 5.75 Å². The highest BCUT2D eigenvalue weighted by Gasteiger charge is 2.16. The maximum absolute atomic E-state index is 8.74. The first-order valence-electron chi connectivity index (χ1n) is 5.32. The van der Waals surface area contributed by atoms with Gasteiger partial charge in [0.1, 0.15) is 5.75 Å². The van der Waals surface area contributed by atoms with Gasteiger partial charge in [0.05, 0.1) is 11.6 Å². The van der Waals surface area contributed by atoms with Gasteiger partial charge in [0.2, 0.25) is 0 Å². The van der Waals surface area contributed by atoms with Crippen molar-refractivity contribution < 1.29 is 5.11 Å². The van der Waals surface area contributed by atoms with Crippen LogP contribution in [0.4, 0.5) is 0 Å². The summed E-state index contributed by atoms with van der Waals surface area (Å²) in [6.07, 6.45) is 3.28. The van der Waals surface area contributed by atoms with Gasteiger partial charge in [0, 0.05) is 12.1 Å². The zero-order chi connectivity index (χ0) is 12.0. The minimum atomic E-state index is 0.189. The Labute approximate surface area is 95.5 Å². The molecule has 1 aliphatic rings. The Morgan fingerprint density at radius 2 is 1.62 bits per heavy atom. The monoisotopic (exact) mass is 219 g/mol. The Hall–Kier alpha value is -1.57. The van der Waals surface area contributed by atoms with Crippen LogP contribution in [0.3, 0.4) is 0 Å². The van der Waals surface area contributed by atoms with Crippen molar-refractivity contribution in [3.63, 3.8) is 0 Å². The minimum Gasteiger partial charge on any atom is -0.508 e. The fourth-order valence-corrected chi connectivity index (χ4v) is 1.59. The smallest absolute Gasteiger partial charge is 0.115 e. The van der Waals surface area contributed by atoms with Crippen molar-refractivity contribution in [3.8, 4) is 11.8 Å². The average molecular weight is 219 g/mol. The second-order valence-corrected chi connectivity index (χ2v) is 3.99. The van der Waals surface area contributed by atoms with Gasteiger partial charge in [0.15, 0.2) is 0 Å². The normalized spacial score (nSPS) is 23.1. The van der Waals surface area contributed by atoms with Crippen molar-refractivity contribution in [2.24, 2.45) is 11.5 Å². The molecule has 16 heavy (non-hydrogen) atoms. The van der Waals surface area contributed by atoms with Crippen LogP contribution in [-0.2, 0) is 0 Å². The standard InChI is InChI=1S/C7H5NO.C5H12N2/c8-5-6-1-3-7(9)4-2-6;6-4-1-2-5(7)3-4/h1-4,9H;4-5H,1-3,6-7H2. The molecule has 4 nitrogen and oxygen atoms in total. The van der Waals surface area contributed by atoms with E-state index < -0.39 is 0 Å². The molecule has 4 heteroatoms. The molecule has 1 fully saturated rings. The number of nitrogens with two attached hydrogens (primary N) is 2. The quantitative estimate of drug-likeness (QED) is 0.608. The first-order chi connectivity index (χ1) is 7.61. The molecule has 0 bridgehead atoms. The summed E-state index contributed by atoms with van der Waals surface area (Å²) in [5.41, 5.74) is 11.7. The highest BCUT2D eigenvalue weighted by Crippen LogP contribution is 2.14. The number of rotatable bonds is 0. The van der Waals surface area contributed by atoms with Crippen molar-refractivity contribution in [3.05, 3.63) is 29.8 Å². The van der Waals surface area contributed by atoms with Crippen molar-refractivity contribution in [2.45, 2.75) is 31.3 Å². The molecule has 0 aromatic heterocycles. The lowest BCUT2D eigenvalue weighted by Gasteiger charge is -1.97. The lowest BCUT2D eigenvalue weighted by molar-refractivity contribution is 0.475. The predicted octanol–water partition coefficient (Wildman–Crippen LogP) is 1.09. The topological polar surface area (TPSA) is 96.1 Å². The Kier molecular flexibility index (Phi) is 4.77. The Balaban J connectivity index is 0.000000165. The second-order valence-electron chi connectivity index (χ2n) is 3.99. The number of hydrogen-bond donors (Lipinski definition) is 3. The molecule has 0 heterocycles. The zero-order valence-corrected chi connectivity index (χ0v) is 9.13. The van der Waals surface area contributed by atoms with E-state index >= 15 is 0 Å². The third-order valence-corrected chi connectivity index (χ3v) is 2.51. The molecule has 0 spiro atoms. The summed E-state index contributed by atoms with van der Waals surface area (Å²) in [5.74, 6) is 0.189. The first kappa shape index (κ1) is 12.5. The van der Waals surface area contributed by atoms with Crippen LogP contribution >= 0.6 is 0 Å². The fraction of sp³-hybridized carbons (Fsp3) is 0.417. The Morgan fingerprint density at radius 1 is 1.12 bits per heavy atom. The van der Waals surface area contributed by atoms with Crippen molar-refractivity contribution in [1.82, 2.24) is 0 Å². The molecule has 5 N–H and O–H groups in total. The average Bonchev–Trinajstić information content (AvgIpc) is 2.65. The van der Waals surface area contributed by atoms with Gasteiger partial charge < -0.3 is 16.6 Å². The van der Waals surface area contributed by atoms with Crippen LogP contribution in [0.2, 0.25) is 0 Å². The molecule has 0 radical (unpaired) electrons. The Morgan fingerprint density at radius 3 is 1.94 bits per heavy atom. The number of aromatic hydroxyl groups is 1. The second kappa shape index (κ2) is 6.11. The summed E-state index contributed by atoms with van der Waals surface area (Å²) in [6, 6.07) is 8.84. The molecule has 1 aromatic carbocycles. The van der Waals surface area contributed by atoms with Gasteiger partial charge in [-0.1, -0.05) is 0 Å². The van der Waals surface area contributed by atoms with E-state index in [1.807, 2.05) is 6.07 Å². The van der Waals surface area contributed by atoms with Crippen molar-refractivity contribution in [2.75, 3.05) is 0 Å². The molecule has 86 valence electrons. The summed E-state index contributed by atoms with van der Waals surface area (Å²) < 4.78 is 0. The Bertz CT molecular complexity index is 348. The van der Waals surface area contributed by atoms with Crippen LogP contribution in [0, 0.1) is 11.3 Å². The van der Waals surface area contributed by atoms with Gasteiger partial charge in [-0.3, -0.25) is 0 Å². The molecule has 0 aliphatic heterocycles. The third-order valence-electron chi connectivity index (χ3n) is 2.51. The molecule has 1 aliphatic carbocycles. The van der Waals surface area contributed by atoms with E-state index in [1.165, 1.54) is 12.1 Å². The van der Waals surface area contributed by atoms with E-state index in [1.54, 1.807) is 12.1 Å². The summed E-state index contributed by atoms with van der Waals surface area (Å²) in [5, 5.41) is 17.0. The van der Waals surface area contributed by atoms with Gasteiger partial charge in [-0.15, -0.1) is 0 Å². The van der Waals surface area contributed by atoms with Crippen LogP contribution in [0.15, 0.2) is 24.3 Å². The largest absolute Gasteiger partial charge is 0.508 e. The van der Waals surface area contributed by atoms with Crippen LogP contribution < -0.4 is 11.5 Å². The molecule has 2 unspecified atom stereocenters. The van der Waals surface area contributed by atoms with Gasteiger partial charge in [-0.2, -0.15) is 5.26 Å². The van der Waals surface area contributed by atoms with Crippen molar-refractivity contribution in [1.29, 1.82) is 5.26 Å². The molecule has 1 aromatic rings. The summed E-state index contributed by atoms with van der Waals surface area (Å²) in [6.45, 7) is 0. The summed E-state index contributed by atoms with van der Waals surface area (Å²) in [4.78, 5) is 0. The SMILES string of the molecule is N#Cc1ccc(O)cc1.NC1CCC(N)C1. The zero-order valence-electron chi connectivity index (χ0n) is 9.13. The number of nitrogens with zero attached hydrogens (tertiary/aromatic N) is 1. The summed E-state index contributed by atoms with van der Waals surface area (Å²) in [7, 11) is 0. The lowest BCUT2D eigenvalue weighted by atomic mass is 10.2. The molecule has 1 saturated carbocycles. The van der Waals surface area contributed by atoms with E-state index in [-0.39, 0.29) is 5.75 Å². The van der Waals surface area contributed by atoms with Gasteiger partial charge in [-0.25, -0.2) is 0 Å². The van der Waals surface area contributed by atoms with E-state index in [9.17, 15) is 0 Å². The highest BCUT2D eigenvalue weighted by atomic mass is 16.3. The highest BCUT2D eigenvalue weighted by molar-refractivity contribution is 5.33. The number of hydrogen-bond acceptors (Lipinski definition) is 4. The van der Waals surface area contributed by atoms with E-state index in [0.717, 1.165) is 19.3 Å². The van der Waals surface area contributed by atoms with Crippen LogP contribution in [-0.4, -0.2) is 17.2 Å². The van der Waals surface area contributed by atoms with Gasteiger partial charge in [-0.05, 0) is 43.5 Å². The van der Waals surface area contributed by atoms with E-state index in [2.05, 4.69) is 0 Å². The number of phenolic OH excluding ortho intramolecular Hbond substituents is 1. The molecule has 2 rings (SSSR count). The molecule has 2 atom stereocenters. The molecular formula is C12H17N3O. The molecule has 0 amide bonds. The van der Waals surface area contributed by atoms with Gasteiger partial charge >= 0.3 is 0 Å². The maximum atomic E-state index is 8.74. The van der Waals surface area contributed by atoms with Gasteiger partial charge in [0.25, 0.3) is 0 Å². The molecular weight excluding hydrogens is 202 g/mol. The fourth-order valence-electron chi connectivity index (χ4n) is 1.59.